The van der Waals surface area contributed by atoms with Gasteiger partial charge in [-0.05, 0) is 32.1 Å². The molecule has 21 heavy (non-hydrogen) atoms. The summed E-state index contributed by atoms with van der Waals surface area (Å²) in [6, 6.07) is 0. The van der Waals surface area contributed by atoms with E-state index in [1.54, 1.807) is 0 Å². The molecule has 2 aliphatic rings. The van der Waals surface area contributed by atoms with Crippen molar-refractivity contribution in [2.75, 3.05) is 32.0 Å². The Morgan fingerprint density at radius 1 is 1.33 bits per heavy atom. The van der Waals surface area contributed by atoms with Gasteiger partial charge in [-0.3, -0.25) is 4.79 Å². The zero-order chi connectivity index (χ0) is 15.3. The number of rotatable bonds is 6. The topological polar surface area (TPSA) is 75.7 Å². The minimum absolute atomic E-state index is 0.0399. The Hall–Kier alpha value is -0.660. The Morgan fingerprint density at radius 3 is 2.81 bits per heavy atom. The highest BCUT2D eigenvalue weighted by atomic mass is 32.2. The van der Waals surface area contributed by atoms with Crippen molar-refractivity contribution >= 4 is 15.9 Å². The van der Waals surface area contributed by atoms with Gasteiger partial charge in [-0.25, -0.2) is 12.7 Å². The number of carbonyl (C=O) groups excluding carboxylic acids is 1. The maximum atomic E-state index is 12.2. The van der Waals surface area contributed by atoms with E-state index in [2.05, 4.69) is 5.32 Å². The summed E-state index contributed by atoms with van der Waals surface area (Å²) in [6.07, 6.45) is 4.28. The second-order valence-corrected chi connectivity index (χ2v) is 7.98. The van der Waals surface area contributed by atoms with Crippen molar-refractivity contribution in [1.29, 1.82) is 0 Å². The summed E-state index contributed by atoms with van der Waals surface area (Å²) in [4.78, 5) is 12.2. The Bertz CT molecular complexity index is 446. The van der Waals surface area contributed by atoms with E-state index in [4.69, 9.17) is 4.74 Å². The van der Waals surface area contributed by atoms with Crippen LogP contribution >= 0.6 is 0 Å². The first-order chi connectivity index (χ1) is 10.0. The summed E-state index contributed by atoms with van der Waals surface area (Å²) in [5.41, 5.74) is 0. The smallest absolute Gasteiger partial charge is 0.224 e. The first-order valence-electron chi connectivity index (χ1n) is 7.90. The van der Waals surface area contributed by atoms with Crippen molar-refractivity contribution in [2.45, 2.75) is 45.1 Å². The monoisotopic (exact) mass is 318 g/mol. The molecule has 2 rings (SSSR count). The molecule has 0 radical (unpaired) electrons. The van der Waals surface area contributed by atoms with Gasteiger partial charge in [0.2, 0.25) is 15.9 Å². The summed E-state index contributed by atoms with van der Waals surface area (Å²) >= 11 is 0. The fraction of sp³-hybridized carbons (Fsp3) is 0.929. The molecule has 2 aliphatic heterocycles. The lowest BCUT2D eigenvalue weighted by Crippen LogP contribution is -2.47. The number of hydrogen-bond acceptors (Lipinski definition) is 4. The van der Waals surface area contributed by atoms with Crippen LogP contribution in [0.3, 0.4) is 0 Å². The number of amides is 1. The van der Waals surface area contributed by atoms with Crippen molar-refractivity contribution in [1.82, 2.24) is 9.62 Å². The van der Waals surface area contributed by atoms with Crippen LogP contribution < -0.4 is 5.32 Å². The molecule has 1 amide bonds. The minimum Gasteiger partial charge on any atom is -0.376 e. The average molecular weight is 318 g/mol. The Labute approximate surface area is 127 Å². The van der Waals surface area contributed by atoms with Crippen LogP contribution in [0.2, 0.25) is 0 Å². The molecule has 7 heteroatoms. The third-order valence-electron chi connectivity index (χ3n) is 4.14. The number of hydrogen-bond donors (Lipinski definition) is 1. The lowest BCUT2D eigenvalue weighted by molar-refractivity contribution is -0.126. The lowest BCUT2D eigenvalue weighted by atomic mass is 9.99. The van der Waals surface area contributed by atoms with E-state index < -0.39 is 10.0 Å². The molecule has 2 unspecified atom stereocenters. The van der Waals surface area contributed by atoms with E-state index in [0.29, 0.717) is 26.1 Å². The molecule has 0 aromatic carbocycles. The molecule has 0 aliphatic carbocycles. The van der Waals surface area contributed by atoms with Crippen LogP contribution in [-0.4, -0.2) is 56.7 Å². The zero-order valence-electron chi connectivity index (χ0n) is 12.7. The van der Waals surface area contributed by atoms with Gasteiger partial charge in [-0.15, -0.1) is 0 Å². The van der Waals surface area contributed by atoms with Gasteiger partial charge >= 0.3 is 0 Å². The summed E-state index contributed by atoms with van der Waals surface area (Å²) in [7, 11) is -3.20. The number of nitrogens with one attached hydrogen (secondary N) is 1. The van der Waals surface area contributed by atoms with Gasteiger partial charge in [0.25, 0.3) is 0 Å². The van der Waals surface area contributed by atoms with Gasteiger partial charge in [0.1, 0.15) is 0 Å². The average Bonchev–Trinajstić information content (AvgIpc) is 2.98. The second kappa shape index (κ2) is 7.56. The van der Waals surface area contributed by atoms with Crippen molar-refractivity contribution in [2.24, 2.45) is 5.92 Å². The van der Waals surface area contributed by atoms with Crippen molar-refractivity contribution in [3.8, 4) is 0 Å². The van der Waals surface area contributed by atoms with Crippen molar-refractivity contribution in [3.05, 3.63) is 0 Å². The molecular formula is C14H26N2O4S. The van der Waals surface area contributed by atoms with Crippen LogP contribution in [0.1, 0.15) is 39.0 Å². The van der Waals surface area contributed by atoms with Crippen molar-refractivity contribution < 1.29 is 17.9 Å². The lowest BCUT2D eigenvalue weighted by Gasteiger charge is -2.31. The highest BCUT2D eigenvalue weighted by Gasteiger charge is 2.32. The fourth-order valence-electron chi connectivity index (χ4n) is 2.96. The number of ether oxygens (including phenoxy) is 1. The van der Waals surface area contributed by atoms with Gasteiger partial charge < -0.3 is 10.1 Å². The van der Waals surface area contributed by atoms with E-state index >= 15 is 0 Å². The van der Waals surface area contributed by atoms with Crippen molar-refractivity contribution in [3.63, 3.8) is 0 Å². The van der Waals surface area contributed by atoms with Crippen LogP contribution in [0.15, 0.2) is 0 Å². The van der Waals surface area contributed by atoms with Crippen LogP contribution in [0.4, 0.5) is 0 Å². The maximum Gasteiger partial charge on any atom is 0.224 e. The Balaban J connectivity index is 1.83. The molecule has 2 fully saturated rings. The maximum absolute atomic E-state index is 12.2. The standard InChI is InChI=1S/C14H26N2O4S/c1-2-9-21(18,19)16-7-3-5-12(11-16)14(17)15-10-13-6-4-8-20-13/h12-13H,2-11H2,1H3,(H,15,17). The number of piperidine rings is 1. The van der Waals surface area contributed by atoms with Gasteiger partial charge in [-0.2, -0.15) is 0 Å². The van der Waals surface area contributed by atoms with Crippen LogP contribution in [0, 0.1) is 5.92 Å². The van der Waals surface area contributed by atoms with E-state index in [9.17, 15) is 13.2 Å². The predicted molar refractivity (Wildman–Crippen MR) is 80.4 cm³/mol. The van der Waals surface area contributed by atoms with E-state index in [-0.39, 0.29) is 23.7 Å². The zero-order valence-corrected chi connectivity index (χ0v) is 13.5. The fourth-order valence-corrected chi connectivity index (χ4v) is 4.55. The Kier molecular flexibility index (Phi) is 6.01. The number of nitrogens with zero attached hydrogens (tertiary/aromatic N) is 1. The minimum atomic E-state index is -3.20. The number of sulfonamides is 1. The molecule has 122 valence electrons. The van der Waals surface area contributed by atoms with Crippen LogP contribution in [-0.2, 0) is 19.6 Å². The largest absolute Gasteiger partial charge is 0.376 e. The molecular weight excluding hydrogens is 292 g/mol. The third kappa shape index (κ3) is 4.66. The predicted octanol–water partition coefficient (Wildman–Crippen LogP) is 0.733. The van der Waals surface area contributed by atoms with Gasteiger partial charge in [0, 0.05) is 26.2 Å². The van der Waals surface area contributed by atoms with Crippen LogP contribution in [0.5, 0.6) is 0 Å². The quantitative estimate of drug-likeness (QED) is 0.783. The normalized spacial score (nSPS) is 27.7. The summed E-state index contributed by atoms with van der Waals surface area (Å²) < 4.78 is 31.1. The molecule has 2 atom stereocenters. The van der Waals surface area contributed by atoms with Gasteiger partial charge in [-0.1, -0.05) is 6.92 Å². The molecule has 0 aromatic heterocycles. The number of carbonyl (C=O) groups is 1. The highest BCUT2D eigenvalue weighted by molar-refractivity contribution is 7.89. The molecule has 1 N–H and O–H groups in total. The molecule has 2 heterocycles. The second-order valence-electron chi connectivity index (χ2n) is 5.89. The molecule has 6 nitrogen and oxygen atoms in total. The molecule has 0 spiro atoms. The third-order valence-corrected chi connectivity index (χ3v) is 6.18. The molecule has 0 aromatic rings. The Morgan fingerprint density at radius 2 is 2.14 bits per heavy atom. The first-order valence-corrected chi connectivity index (χ1v) is 9.51. The first kappa shape index (κ1) is 16.7. The SMILES string of the molecule is CCCS(=O)(=O)N1CCCC(C(=O)NCC2CCCO2)C1. The highest BCUT2D eigenvalue weighted by Crippen LogP contribution is 2.20. The van der Waals surface area contributed by atoms with Crippen LogP contribution in [0.25, 0.3) is 0 Å². The summed E-state index contributed by atoms with van der Waals surface area (Å²) in [5, 5.41) is 2.91. The molecule has 0 saturated carbocycles. The summed E-state index contributed by atoms with van der Waals surface area (Å²) in [5.74, 6) is -0.106. The van der Waals surface area contributed by atoms with E-state index in [0.717, 1.165) is 32.3 Å². The molecule has 0 bridgehead atoms. The van der Waals surface area contributed by atoms with E-state index in [1.807, 2.05) is 6.92 Å². The van der Waals surface area contributed by atoms with E-state index in [1.165, 1.54) is 4.31 Å². The summed E-state index contributed by atoms with van der Waals surface area (Å²) in [6.45, 7) is 4.02. The van der Waals surface area contributed by atoms with Gasteiger partial charge in [0.05, 0.1) is 17.8 Å². The molecule has 2 saturated heterocycles. The van der Waals surface area contributed by atoms with Gasteiger partial charge in [0.15, 0.2) is 0 Å².